The molecule has 0 atom stereocenters. The lowest BCUT2D eigenvalue weighted by Gasteiger charge is -2.33. The maximum absolute atomic E-state index is 13.3. The van der Waals surface area contributed by atoms with Crippen molar-refractivity contribution in [2.24, 2.45) is 0 Å². The average Bonchev–Trinajstić information content (AvgIpc) is 3.31. The molecule has 33 heavy (non-hydrogen) atoms. The Bertz CT molecular complexity index is 1250. The van der Waals surface area contributed by atoms with Gasteiger partial charge in [0.2, 0.25) is 15.9 Å². The van der Waals surface area contributed by atoms with E-state index in [9.17, 15) is 18.0 Å². The molecule has 174 valence electrons. The van der Waals surface area contributed by atoms with Crippen molar-refractivity contribution in [2.45, 2.75) is 18.4 Å². The van der Waals surface area contributed by atoms with Crippen molar-refractivity contribution >= 4 is 44.2 Å². The van der Waals surface area contributed by atoms with Crippen LogP contribution in [-0.4, -0.2) is 67.3 Å². The van der Waals surface area contributed by atoms with E-state index in [2.05, 4.69) is 15.6 Å². The third kappa shape index (κ3) is 5.56. The van der Waals surface area contributed by atoms with Crippen molar-refractivity contribution < 1.29 is 18.0 Å². The molecule has 1 aromatic carbocycles. The van der Waals surface area contributed by atoms with Gasteiger partial charge in [-0.15, -0.1) is 11.3 Å². The summed E-state index contributed by atoms with van der Waals surface area (Å²) in [6.45, 7) is 3.58. The van der Waals surface area contributed by atoms with Gasteiger partial charge in [-0.3, -0.25) is 20.0 Å². The predicted molar refractivity (Wildman–Crippen MR) is 126 cm³/mol. The highest BCUT2D eigenvalue weighted by molar-refractivity contribution is 7.89. The van der Waals surface area contributed by atoms with E-state index in [0.717, 1.165) is 15.8 Å². The number of para-hydroxylation sites is 1. The Hall–Kier alpha value is -2.86. The van der Waals surface area contributed by atoms with Crippen LogP contribution in [0.1, 0.15) is 10.4 Å². The number of imide groups is 1. The van der Waals surface area contributed by atoms with E-state index in [1.807, 2.05) is 41.5 Å². The lowest BCUT2D eigenvalue weighted by molar-refractivity contribution is -0.121. The molecule has 3 heterocycles. The van der Waals surface area contributed by atoms with Crippen molar-refractivity contribution in [3.63, 3.8) is 0 Å². The normalized spacial score (nSPS) is 15.4. The summed E-state index contributed by atoms with van der Waals surface area (Å²) < 4.78 is 28.0. The van der Waals surface area contributed by atoms with Crippen LogP contribution in [0.4, 0.5) is 4.79 Å². The number of carbonyl (C=O) groups is 2. The minimum absolute atomic E-state index is 0.0232. The first kappa shape index (κ1) is 23.3. The summed E-state index contributed by atoms with van der Waals surface area (Å²) >= 11 is 1.52. The summed E-state index contributed by atoms with van der Waals surface area (Å²) in [6, 6.07) is 10.3. The summed E-state index contributed by atoms with van der Waals surface area (Å²) in [7, 11) is -3.72. The highest BCUT2D eigenvalue weighted by atomic mass is 32.2. The summed E-state index contributed by atoms with van der Waals surface area (Å²) in [5, 5.41) is 7.65. The zero-order valence-corrected chi connectivity index (χ0v) is 19.8. The zero-order chi connectivity index (χ0) is 23.4. The molecule has 1 saturated heterocycles. The van der Waals surface area contributed by atoms with Crippen LogP contribution < -0.4 is 10.6 Å². The number of aromatic nitrogens is 1. The van der Waals surface area contributed by atoms with Gasteiger partial charge in [0.25, 0.3) is 0 Å². The molecule has 0 unspecified atom stereocenters. The van der Waals surface area contributed by atoms with E-state index in [-0.39, 0.29) is 24.5 Å². The van der Waals surface area contributed by atoms with Crippen LogP contribution in [-0.2, 0) is 21.4 Å². The number of carbonyl (C=O) groups excluding carboxylic acids is 2. The second-order valence-electron chi connectivity index (χ2n) is 7.83. The average molecular weight is 488 g/mol. The second-order valence-corrected chi connectivity index (χ2v) is 10.8. The Morgan fingerprint density at radius 3 is 2.64 bits per heavy atom. The number of amides is 3. The SMILES string of the molecule is Cc1cnc2c(S(=O)(=O)N3CCN(CC(=O)NC(=O)NCc4cccs4)CC3)cccc2c1. The Kier molecular flexibility index (Phi) is 7.03. The number of benzene rings is 1. The number of nitrogens with zero attached hydrogens (tertiary/aromatic N) is 3. The summed E-state index contributed by atoms with van der Waals surface area (Å²) in [5.74, 6) is -0.427. The number of hydrogen-bond acceptors (Lipinski definition) is 7. The first-order chi connectivity index (χ1) is 15.8. The van der Waals surface area contributed by atoms with Gasteiger partial charge in [-0.2, -0.15) is 4.31 Å². The summed E-state index contributed by atoms with van der Waals surface area (Å²) in [4.78, 5) is 31.5. The van der Waals surface area contributed by atoms with Crippen molar-refractivity contribution in [2.75, 3.05) is 32.7 Å². The molecule has 0 radical (unpaired) electrons. The van der Waals surface area contributed by atoms with Gasteiger partial charge in [-0.1, -0.05) is 18.2 Å². The Morgan fingerprint density at radius 2 is 1.91 bits per heavy atom. The van der Waals surface area contributed by atoms with Gasteiger partial charge in [-0.05, 0) is 36.1 Å². The fourth-order valence-corrected chi connectivity index (χ4v) is 5.94. The fraction of sp³-hybridized carbons (Fsp3) is 0.318. The van der Waals surface area contributed by atoms with E-state index in [0.29, 0.717) is 25.2 Å². The Morgan fingerprint density at radius 1 is 1.12 bits per heavy atom. The molecule has 0 saturated carbocycles. The van der Waals surface area contributed by atoms with Crippen LogP contribution in [0, 0.1) is 6.92 Å². The molecule has 1 aliphatic rings. The minimum Gasteiger partial charge on any atom is -0.333 e. The van der Waals surface area contributed by atoms with E-state index < -0.39 is 22.0 Å². The third-order valence-corrected chi connectivity index (χ3v) is 8.19. The van der Waals surface area contributed by atoms with Crippen molar-refractivity contribution in [3.05, 3.63) is 58.4 Å². The Labute approximate surface area is 196 Å². The van der Waals surface area contributed by atoms with Gasteiger partial charge in [0.1, 0.15) is 4.90 Å². The number of piperazine rings is 1. The molecule has 4 rings (SSSR count). The van der Waals surface area contributed by atoms with Gasteiger partial charge in [0.15, 0.2) is 0 Å². The van der Waals surface area contributed by atoms with E-state index in [1.165, 1.54) is 15.6 Å². The Balaban J connectivity index is 1.31. The number of pyridine rings is 1. The largest absolute Gasteiger partial charge is 0.333 e. The van der Waals surface area contributed by atoms with Crippen molar-refractivity contribution in [1.82, 2.24) is 24.8 Å². The molecular formula is C22H25N5O4S2. The van der Waals surface area contributed by atoms with E-state index >= 15 is 0 Å². The highest BCUT2D eigenvalue weighted by Crippen LogP contribution is 2.25. The minimum atomic E-state index is -3.72. The van der Waals surface area contributed by atoms with Crippen LogP contribution in [0.25, 0.3) is 10.9 Å². The van der Waals surface area contributed by atoms with Gasteiger partial charge >= 0.3 is 6.03 Å². The fourth-order valence-electron chi connectivity index (χ4n) is 3.71. The van der Waals surface area contributed by atoms with Gasteiger partial charge in [0.05, 0.1) is 18.6 Å². The highest BCUT2D eigenvalue weighted by Gasteiger charge is 2.30. The standard InChI is InChI=1S/C22H25N5O4S2/c1-16-12-17-4-2-6-19(21(17)23-13-16)33(30,31)27-9-7-26(8-10-27)15-20(28)25-22(29)24-14-18-5-3-11-32-18/h2-6,11-13H,7-10,14-15H2,1H3,(H2,24,25,28,29). The number of sulfonamides is 1. The first-order valence-corrected chi connectivity index (χ1v) is 12.8. The number of nitrogens with one attached hydrogen (secondary N) is 2. The molecule has 1 fully saturated rings. The monoisotopic (exact) mass is 487 g/mol. The van der Waals surface area contributed by atoms with Crippen LogP contribution in [0.3, 0.4) is 0 Å². The van der Waals surface area contributed by atoms with Crippen LogP contribution >= 0.6 is 11.3 Å². The smallest absolute Gasteiger partial charge is 0.321 e. The summed E-state index contributed by atoms with van der Waals surface area (Å²) in [5.41, 5.74) is 1.42. The topological polar surface area (TPSA) is 112 Å². The predicted octanol–water partition coefficient (Wildman–Crippen LogP) is 1.94. The summed E-state index contributed by atoms with van der Waals surface area (Å²) in [6.07, 6.45) is 1.66. The van der Waals surface area contributed by atoms with Gasteiger partial charge in [0, 0.05) is 42.6 Å². The molecule has 11 heteroatoms. The van der Waals surface area contributed by atoms with Crippen LogP contribution in [0.15, 0.2) is 52.9 Å². The number of urea groups is 1. The molecule has 2 aromatic heterocycles. The number of hydrogen-bond donors (Lipinski definition) is 2. The third-order valence-electron chi connectivity index (χ3n) is 5.38. The first-order valence-electron chi connectivity index (χ1n) is 10.5. The molecule has 0 bridgehead atoms. The zero-order valence-electron chi connectivity index (χ0n) is 18.2. The van der Waals surface area contributed by atoms with E-state index in [4.69, 9.17) is 0 Å². The molecule has 9 nitrogen and oxygen atoms in total. The lowest BCUT2D eigenvalue weighted by Crippen LogP contribution is -2.52. The maximum Gasteiger partial charge on any atom is 0.321 e. The van der Waals surface area contributed by atoms with E-state index in [1.54, 1.807) is 18.3 Å². The lowest BCUT2D eigenvalue weighted by atomic mass is 10.2. The second kappa shape index (κ2) is 9.96. The van der Waals surface area contributed by atoms with Gasteiger partial charge < -0.3 is 5.32 Å². The number of rotatable bonds is 6. The quantitative estimate of drug-likeness (QED) is 0.550. The number of fused-ring (bicyclic) bond motifs is 1. The molecule has 3 amide bonds. The van der Waals surface area contributed by atoms with Crippen LogP contribution in [0.2, 0.25) is 0 Å². The van der Waals surface area contributed by atoms with Crippen LogP contribution in [0.5, 0.6) is 0 Å². The molecule has 3 aromatic rings. The molecule has 1 aliphatic heterocycles. The number of aryl methyl sites for hydroxylation is 1. The van der Waals surface area contributed by atoms with Gasteiger partial charge in [-0.25, -0.2) is 13.2 Å². The molecular weight excluding hydrogens is 462 g/mol. The van der Waals surface area contributed by atoms with Crippen molar-refractivity contribution in [1.29, 1.82) is 0 Å². The molecule has 2 N–H and O–H groups in total. The molecule has 0 aliphatic carbocycles. The maximum atomic E-state index is 13.3. The molecule has 0 spiro atoms. The number of thiophene rings is 1. The van der Waals surface area contributed by atoms with Crippen molar-refractivity contribution in [3.8, 4) is 0 Å².